The van der Waals surface area contributed by atoms with Crippen molar-refractivity contribution in [2.45, 2.75) is 13.0 Å². The van der Waals surface area contributed by atoms with Crippen molar-refractivity contribution in [3.05, 3.63) is 18.2 Å². The predicted molar refractivity (Wildman–Crippen MR) is 62.9 cm³/mol. The molecule has 1 amide bonds. The number of hydrogen-bond donors (Lipinski definition) is 2. The molecule has 0 radical (unpaired) electrons. The first kappa shape index (κ1) is 10.6. The number of ether oxygens (including phenoxy) is 1. The molecule has 18 heavy (non-hydrogen) atoms. The fourth-order valence-electron chi connectivity index (χ4n) is 1.75. The quantitative estimate of drug-likeness (QED) is 0.779. The summed E-state index contributed by atoms with van der Waals surface area (Å²) in [4.78, 5) is 11.5. The Morgan fingerprint density at radius 2 is 2.22 bits per heavy atom. The van der Waals surface area contributed by atoms with Crippen LogP contribution in [0.15, 0.2) is 22.8 Å². The molecule has 1 aliphatic heterocycles. The number of carbonyl (C=O) groups excluding carboxylic acids is 1. The number of anilines is 2. The Morgan fingerprint density at radius 1 is 1.39 bits per heavy atom. The molecule has 7 heteroatoms. The van der Waals surface area contributed by atoms with Gasteiger partial charge in [0.2, 0.25) is 0 Å². The molecule has 1 unspecified atom stereocenters. The maximum atomic E-state index is 11.5. The molecule has 0 aliphatic carbocycles. The van der Waals surface area contributed by atoms with Gasteiger partial charge in [0, 0.05) is 5.56 Å². The van der Waals surface area contributed by atoms with Gasteiger partial charge in [-0.1, -0.05) is 0 Å². The van der Waals surface area contributed by atoms with Crippen LogP contribution in [0.1, 0.15) is 6.92 Å². The lowest BCUT2D eigenvalue weighted by molar-refractivity contribution is -0.122. The number of amides is 1. The third-order valence-electron chi connectivity index (χ3n) is 2.70. The Hall–Kier alpha value is -2.57. The molecule has 3 rings (SSSR count). The van der Waals surface area contributed by atoms with Crippen molar-refractivity contribution < 1.29 is 14.2 Å². The molecule has 0 fully saturated rings. The van der Waals surface area contributed by atoms with Crippen LogP contribution >= 0.6 is 0 Å². The third kappa shape index (κ3) is 1.56. The van der Waals surface area contributed by atoms with E-state index in [1.807, 2.05) is 0 Å². The first-order valence-electron chi connectivity index (χ1n) is 5.35. The average molecular weight is 246 g/mol. The molecular weight excluding hydrogens is 236 g/mol. The molecule has 7 nitrogen and oxygen atoms in total. The van der Waals surface area contributed by atoms with Gasteiger partial charge in [-0.2, -0.15) is 0 Å². The Morgan fingerprint density at radius 3 is 2.94 bits per heavy atom. The summed E-state index contributed by atoms with van der Waals surface area (Å²) in [5.74, 6) is 0.623. The van der Waals surface area contributed by atoms with E-state index < -0.39 is 6.10 Å². The second kappa shape index (κ2) is 3.73. The summed E-state index contributed by atoms with van der Waals surface area (Å²) < 4.78 is 9.98. The highest BCUT2D eigenvalue weighted by Gasteiger charge is 2.24. The van der Waals surface area contributed by atoms with Gasteiger partial charge in [0.1, 0.15) is 5.75 Å². The van der Waals surface area contributed by atoms with Gasteiger partial charge in [0.25, 0.3) is 5.91 Å². The molecule has 2 heterocycles. The Balaban J connectivity index is 2.04. The number of benzene rings is 1. The largest absolute Gasteiger partial charge is 0.479 e. The molecule has 1 aliphatic rings. The Kier molecular flexibility index (Phi) is 2.19. The van der Waals surface area contributed by atoms with Gasteiger partial charge in [-0.15, -0.1) is 0 Å². The molecular formula is C11H10N4O3. The van der Waals surface area contributed by atoms with E-state index in [4.69, 9.17) is 10.5 Å². The number of nitrogens with two attached hydrogens (primary N) is 1. The van der Waals surface area contributed by atoms with Crippen LogP contribution in [0.2, 0.25) is 0 Å². The molecule has 1 atom stereocenters. The van der Waals surface area contributed by atoms with E-state index in [1.54, 1.807) is 25.1 Å². The van der Waals surface area contributed by atoms with Crippen molar-refractivity contribution in [2.24, 2.45) is 0 Å². The van der Waals surface area contributed by atoms with Crippen molar-refractivity contribution in [1.82, 2.24) is 10.3 Å². The van der Waals surface area contributed by atoms with E-state index in [0.717, 1.165) is 0 Å². The first-order valence-corrected chi connectivity index (χ1v) is 5.35. The fraction of sp³-hybridized carbons (Fsp3) is 0.182. The van der Waals surface area contributed by atoms with Crippen LogP contribution in [0.25, 0.3) is 11.3 Å². The standard InChI is InChI=1S/C11H10N4O3/c1-5-11(16)13-7-4-6(2-3-8(7)17-5)9-10(12)15-18-14-9/h2-5H,1H3,(H2,12,15)(H,13,16). The zero-order valence-corrected chi connectivity index (χ0v) is 9.51. The molecule has 0 bridgehead atoms. The summed E-state index contributed by atoms with van der Waals surface area (Å²) in [7, 11) is 0. The van der Waals surface area contributed by atoms with Crippen LogP contribution in [0.4, 0.5) is 11.5 Å². The highest BCUT2D eigenvalue weighted by Crippen LogP contribution is 2.34. The molecule has 0 saturated heterocycles. The number of fused-ring (bicyclic) bond motifs is 1. The lowest BCUT2D eigenvalue weighted by atomic mass is 10.1. The highest BCUT2D eigenvalue weighted by molar-refractivity contribution is 5.98. The summed E-state index contributed by atoms with van der Waals surface area (Å²) in [6, 6.07) is 5.24. The first-order chi connectivity index (χ1) is 8.65. The van der Waals surface area contributed by atoms with Crippen molar-refractivity contribution in [3.8, 4) is 17.0 Å². The zero-order chi connectivity index (χ0) is 12.7. The highest BCUT2D eigenvalue weighted by atomic mass is 16.6. The van der Waals surface area contributed by atoms with Gasteiger partial charge < -0.3 is 15.8 Å². The maximum absolute atomic E-state index is 11.5. The van der Waals surface area contributed by atoms with Crippen molar-refractivity contribution in [3.63, 3.8) is 0 Å². The number of carbonyl (C=O) groups is 1. The van der Waals surface area contributed by atoms with E-state index in [9.17, 15) is 4.79 Å². The number of hydrogen-bond acceptors (Lipinski definition) is 6. The molecule has 1 aromatic carbocycles. The number of nitrogen functional groups attached to an aromatic ring is 1. The van der Waals surface area contributed by atoms with Gasteiger partial charge in [0.05, 0.1) is 5.69 Å². The molecule has 1 aromatic heterocycles. The SMILES string of the molecule is CC1Oc2ccc(-c3nonc3N)cc2NC1=O. The smallest absolute Gasteiger partial charge is 0.265 e. The summed E-state index contributed by atoms with van der Waals surface area (Å²) in [5.41, 5.74) is 7.33. The fourth-order valence-corrected chi connectivity index (χ4v) is 1.75. The normalized spacial score (nSPS) is 17.8. The zero-order valence-electron chi connectivity index (χ0n) is 9.51. The van der Waals surface area contributed by atoms with Crippen LogP contribution in [-0.2, 0) is 4.79 Å². The Bertz CT molecular complexity index is 623. The van der Waals surface area contributed by atoms with Crippen LogP contribution in [0.5, 0.6) is 5.75 Å². The van der Waals surface area contributed by atoms with Crippen molar-refractivity contribution in [2.75, 3.05) is 11.1 Å². The number of rotatable bonds is 1. The van der Waals surface area contributed by atoms with Crippen LogP contribution in [-0.4, -0.2) is 22.3 Å². The molecule has 2 aromatic rings. The maximum Gasteiger partial charge on any atom is 0.265 e. The van der Waals surface area contributed by atoms with Crippen LogP contribution in [0.3, 0.4) is 0 Å². The van der Waals surface area contributed by atoms with Gasteiger partial charge in [-0.3, -0.25) is 4.79 Å². The van der Waals surface area contributed by atoms with Crippen molar-refractivity contribution >= 4 is 17.4 Å². The van der Waals surface area contributed by atoms with E-state index in [2.05, 4.69) is 20.3 Å². The van der Waals surface area contributed by atoms with E-state index in [-0.39, 0.29) is 11.7 Å². The van der Waals surface area contributed by atoms with Gasteiger partial charge >= 0.3 is 0 Å². The third-order valence-corrected chi connectivity index (χ3v) is 2.70. The minimum Gasteiger partial charge on any atom is -0.479 e. The van der Waals surface area contributed by atoms with E-state index in [0.29, 0.717) is 22.7 Å². The number of nitrogens with one attached hydrogen (secondary N) is 1. The average Bonchev–Trinajstić information content (AvgIpc) is 2.76. The second-order valence-electron chi connectivity index (χ2n) is 3.96. The summed E-state index contributed by atoms with van der Waals surface area (Å²) in [6.45, 7) is 1.69. The number of nitrogens with zero attached hydrogens (tertiary/aromatic N) is 2. The molecule has 3 N–H and O–H groups in total. The van der Waals surface area contributed by atoms with Crippen LogP contribution in [0, 0.1) is 0 Å². The lowest BCUT2D eigenvalue weighted by Crippen LogP contribution is -2.34. The predicted octanol–water partition coefficient (Wildman–Crippen LogP) is 1.04. The summed E-state index contributed by atoms with van der Waals surface area (Å²) >= 11 is 0. The van der Waals surface area contributed by atoms with E-state index in [1.165, 1.54) is 0 Å². The molecule has 92 valence electrons. The van der Waals surface area contributed by atoms with E-state index >= 15 is 0 Å². The second-order valence-corrected chi connectivity index (χ2v) is 3.96. The van der Waals surface area contributed by atoms with Gasteiger partial charge in [0.15, 0.2) is 17.6 Å². The van der Waals surface area contributed by atoms with Gasteiger partial charge in [-0.25, -0.2) is 4.63 Å². The Labute approximate surface area is 102 Å². The van der Waals surface area contributed by atoms with Gasteiger partial charge in [-0.05, 0) is 35.4 Å². The van der Waals surface area contributed by atoms with Crippen molar-refractivity contribution in [1.29, 1.82) is 0 Å². The minimum atomic E-state index is -0.498. The van der Waals surface area contributed by atoms with Crippen LogP contribution < -0.4 is 15.8 Å². The summed E-state index contributed by atoms with van der Waals surface area (Å²) in [5, 5.41) is 9.96. The molecule has 0 spiro atoms. The lowest BCUT2D eigenvalue weighted by Gasteiger charge is -2.23. The minimum absolute atomic E-state index is 0.189. The topological polar surface area (TPSA) is 103 Å². The summed E-state index contributed by atoms with van der Waals surface area (Å²) in [6.07, 6.45) is -0.498. The molecule has 0 saturated carbocycles. The number of aromatic nitrogens is 2. The monoisotopic (exact) mass is 246 g/mol.